The van der Waals surface area contributed by atoms with Crippen LogP contribution >= 0.6 is 0 Å². The Morgan fingerprint density at radius 1 is 1.39 bits per heavy atom. The van der Waals surface area contributed by atoms with Crippen LogP contribution in [0.25, 0.3) is 0 Å². The van der Waals surface area contributed by atoms with E-state index >= 15 is 0 Å². The predicted octanol–water partition coefficient (Wildman–Crippen LogP) is -0.245. The molecule has 3 N–H and O–H groups in total. The molecule has 3 aliphatic heterocycles. The number of ether oxygens (including phenoxy) is 1. The number of urea groups is 1. The lowest BCUT2D eigenvalue weighted by molar-refractivity contribution is -0.230. The highest BCUT2D eigenvalue weighted by Gasteiger charge is 2.71. The highest BCUT2D eigenvalue weighted by molar-refractivity contribution is 5.90. The van der Waals surface area contributed by atoms with Gasteiger partial charge in [0, 0.05) is 44.1 Å². The maximum atomic E-state index is 13.3. The van der Waals surface area contributed by atoms with Crippen molar-refractivity contribution in [3.8, 4) is 0 Å². The van der Waals surface area contributed by atoms with Crippen LogP contribution < -0.4 is 11.1 Å². The van der Waals surface area contributed by atoms with E-state index in [0.29, 0.717) is 26.2 Å². The Morgan fingerprint density at radius 3 is 2.96 bits per heavy atom. The number of piperazine rings is 1. The summed E-state index contributed by atoms with van der Waals surface area (Å²) < 4.78 is 5.89. The molecule has 1 saturated carbocycles. The summed E-state index contributed by atoms with van der Waals surface area (Å²) in [6.45, 7) is 7.20. The predicted molar refractivity (Wildman–Crippen MR) is 83.6 cm³/mol. The number of rotatable bonds is 1. The number of carbonyl (C=O) groups is 2. The SMILES string of the molecule is CC1(C)C2OCCCC2C1(N)C(=O)N1CCN2C(=O)NCC2C1. The van der Waals surface area contributed by atoms with Crippen molar-refractivity contribution in [2.24, 2.45) is 17.1 Å². The van der Waals surface area contributed by atoms with Crippen LogP contribution in [0.3, 0.4) is 0 Å². The molecular formula is C16H26N4O3. The molecular weight excluding hydrogens is 296 g/mol. The molecule has 4 atom stereocenters. The second kappa shape index (κ2) is 4.83. The summed E-state index contributed by atoms with van der Waals surface area (Å²) in [5.41, 5.74) is 5.50. The van der Waals surface area contributed by atoms with E-state index < -0.39 is 5.54 Å². The molecule has 0 bridgehead atoms. The largest absolute Gasteiger partial charge is 0.377 e. The Hall–Kier alpha value is -1.34. The highest BCUT2D eigenvalue weighted by Crippen LogP contribution is 2.58. The lowest BCUT2D eigenvalue weighted by Gasteiger charge is -2.66. The number of nitrogens with two attached hydrogens (primary N) is 1. The molecule has 128 valence electrons. The summed E-state index contributed by atoms with van der Waals surface area (Å²) in [4.78, 5) is 28.7. The van der Waals surface area contributed by atoms with Crippen LogP contribution in [0.4, 0.5) is 4.79 Å². The van der Waals surface area contributed by atoms with Crippen LogP contribution in [0.2, 0.25) is 0 Å². The van der Waals surface area contributed by atoms with Gasteiger partial charge in [-0.05, 0) is 12.8 Å². The minimum absolute atomic E-state index is 0.0192. The maximum Gasteiger partial charge on any atom is 0.317 e. The Bertz CT molecular complexity index is 551. The molecule has 0 aromatic carbocycles. The van der Waals surface area contributed by atoms with E-state index in [0.717, 1.165) is 19.4 Å². The second-order valence-electron chi connectivity index (χ2n) is 7.92. The maximum absolute atomic E-state index is 13.3. The number of hydrogen-bond donors (Lipinski definition) is 2. The Kier molecular flexibility index (Phi) is 3.19. The van der Waals surface area contributed by atoms with E-state index in [1.807, 2.05) is 23.6 Å². The van der Waals surface area contributed by atoms with Crippen LogP contribution in [0.1, 0.15) is 26.7 Å². The van der Waals surface area contributed by atoms with Crippen molar-refractivity contribution in [2.75, 3.05) is 32.8 Å². The molecule has 4 rings (SSSR count). The van der Waals surface area contributed by atoms with Crippen LogP contribution in [0, 0.1) is 11.3 Å². The molecule has 7 nitrogen and oxygen atoms in total. The molecule has 23 heavy (non-hydrogen) atoms. The lowest BCUT2D eigenvalue weighted by atomic mass is 9.46. The van der Waals surface area contributed by atoms with E-state index in [-0.39, 0.29) is 35.4 Å². The van der Waals surface area contributed by atoms with Gasteiger partial charge < -0.3 is 25.6 Å². The van der Waals surface area contributed by atoms with Crippen LogP contribution in [-0.2, 0) is 9.53 Å². The topological polar surface area (TPSA) is 87.9 Å². The Balaban J connectivity index is 1.53. The van der Waals surface area contributed by atoms with Crippen molar-refractivity contribution in [1.82, 2.24) is 15.1 Å². The zero-order valence-electron chi connectivity index (χ0n) is 13.9. The third kappa shape index (κ3) is 1.83. The molecule has 0 spiro atoms. The van der Waals surface area contributed by atoms with Crippen molar-refractivity contribution in [2.45, 2.75) is 44.4 Å². The van der Waals surface area contributed by atoms with Gasteiger partial charge in [0.15, 0.2) is 0 Å². The quantitative estimate of drug-likeness (QED) is 0.697. The number of amides is 3. The minimum Gasteiger partial charge on any atom is -0.377 e. The van der Waals surface area contributed by atoms with E-state index in [2.05, 4.69) is 5.32 Å². The van der Waals surface area contributed by atoms with Gasteiger partial charge in [-0.25, -0.2) is 4.79 Å². The lowest BCUT2D eigenvalue weighted by Crippen LogP contribution is -2.83. The molecule has 0 radical (unpaired) electrons. The van der Waals surface area contributed by atoms with E-state index in [4.69, 9.17) is 10.5 Å². The number of nitrogens with one attached hydrogen (secondary N) is 1. The minimum atomic E-state index is -0.851. The summed E-state index contributed by atoms with van der Waals surface area (Å²) in [6.07, 6.45) is 2.01. The van der Waals surface area contributed by atoms with Gasteiger partial charge in [0.2, 0.25) is 5.91 Å². The third-order valence-electron chi connectivity index (χ3n) is 6.56. The first kappa shape index (κ1) is 15.2. The average molecular weight is 322 g/mol. The first-order chi connectivity index (χ1) is 10.9. The normalized spacial score (nSPS) is 41.7. The van der Waals surface area contributed by atoms with E-state index in [1.54, 1.807) is 0 Å². The van der Waals surface area contributed by atoms with Crippen molar-refractivity contribution in [1.29, 1.82) is 0 Å². The second-order valence-corrected chi connectivity index (χ2v) is 7.92. The zero-order valence-corrected chi connectivity index (χ0v) is 13.9. The van der Waals surface area contributed by atoms with Crippen molar-refractivity contribution >= 4 is 11.9 Å². The summed E-state index contributed by atoms with van der Waals surface area (Å²) in [5, 5.41) is 2.85. The van der Waals surface area contributed by atoms with Gasteiger partial charge in [-0.2, -0.15) is 0 Å². The average Bonchev–Trinajstić information content (AvgIpc) is 2.94. The highest BCUT2D eigenvalue weighted by atomic mass is 16.5. The number of nitrogens with zero attached hydrogens (tertiary/aromatic N) is 2. The molecule has 4 unspecified atom stereocenters. The van der Waals surface area contributed by atoms with Gasteiger partial charge in [-0.3, -0.25) is 4.79 Å². The van der Waals surface area contributed by atoms with Gasteiger partial charge >= 0.3 is 6.03 Å². The van der Waals surface area contributed by atoms with Gasteiger partial charge in [0.25, 0.3) is 0 Å². The molecule has 3 saturated heterocycles. The number of hydrogen-bond acceptors (Lipinski definition) is 4. The summed E-state index contributed by atoms with van der Waals surface area (Å²) in [5.74, 6) is 0.147. The fraction of sp³-hybridized carbons (Fsp3) is 0.875. The first-order valence-electron chi connectivity index (χ1n) is 8.61. The molecule has 0 aromatic heterocycles. The molecule has 3 heterocycles. The van der Waals surface area contributed by atoms with E-state index in [9.17, 15) is 9.59 Å². The van der Waals surface area contributed by atoms with Gasteiger partial charge in [-0.15, -0.1) is 0 Å². The molecule has 7 heteroatoms. The van der Waals surface area contributed by atoms with Gasteiger partial charge in [0.1, 0.15) is 5.54 Å². The Morgan fingerprint density at radius 2 is 2.17 bits per heavy atom. The van der Waals surface area contributed by atoms with Gasteiger partial charge in [-0.1, -0.05) is 13.8 Å². The van der Waals surface area contributed by atoms with Crippen molar-refractivity contribution in [3.63, 3.8) is 0 Å². The van der Waals surface area contributed by atoms with Crippen LogP contribution in [0.5, 0.6) is 0 Å². The molecule has 4 aliphatic rings. The standard InChI is InChI=1S/C16H26N4O3/c1-15(2)12-11(4-3-7-23-12)16(15,17)13(21)19-5-6-20-10(9-19)8-18-14(20)22/h10-12H,3-9,17H2,1-2H3,(H,18,22). The number of carbonyl (C=O) groups excluding carboxylic acids is 2. The fourth-order valence-corrected chi connectivity index (χ4v) is 5.06. The van der Waals surface area contributed by atoms with Crippen LogP contribution in [0.15, 0.2) is 0 Å². The zero-order chi connectivity index (χ0) is 16.4. The summed E-state index contributed by atoms with van der Waals surface area (Å²) in [7, 11) is 0. The molecule has 0 aromatic rings. The monoisotopic (exact) mass is 322 g/mol. The Labute approximate surface area is 136 Å². The smallest absolute Gasteiger partial charge is 0.317 e. The van der Waals surface area contributed by atoms with Crippen molar-refractivity contribution in [3.05, 3.63) is 0 Å². The van der Waals surface area contributed by atoms with Gasteiger partial charge in [0.05, 0.1) is 12.1 Å². The first-order valence-corrected chi connectivity index (χ1v) is 8.61. The molecule has 4 fully saturated rings. The number of fused-ring (bicyclic) bond motifs is 2. The third-order valence-corrected chi connectivity index (χ3v) is 6.56. The summed E-state index contributed by atoms with van der Waals surface area (Å²) >= 11 is 0. The molecule has 1 aliphatic carbocycles. The van der Waals surface area contributed by atoms with Crippen LogP contribution in [-0.4, -0.2) is 72.2 Å². The fourth-order valence-electron chi connectivity index (χ4n) is 5.06. The van der Waals surface area contributed by atoms with E-state index in [1.165, 1.54) is 0 Å². The van der Waals surface area contributed by atoms with Crippen molar-refractivity contribution < 1.29 is 14.3 Å². The summed E-state index contributed by atoms with van der Waals surface area (Å²) in [6, 6.07) is 0.0553. The molecule has 3 amide bonds.